The number of nitrogens with one attached hydrogen (secondary N) is 3. The molecule has 3 rings (SSSR count). The number of aliphatic carboxylic acids is 1. The van der Waals surface area contributed by atoms with Gasteiger partial charge in [-0.3, -0.25) is 9.59 Å². The Balaban J connectivity index is 1.78. The van der Waals surface area contributed by atoms with Crippen LogP contribution in [0.1, 0.15) is 27.3 Å². The summed E-state index contributed by atoms with van der Waals surface area (Å²) in [5.74, 6) is -1.42. The summed E-state index contributed by atoms with van der Waals surface area (Å²) in [5, 5.41) is 15.5. The number of anilines is 1. The maximum atomic E-state index is 12.7. The fourth-order valence-corrected chi connectivity index (χ4v) is 3.38. The average molecular weight is 411 g/mol. The molecule has 3 aromatic rings. The molecule has 4 N–H and O–H groups in total. The molecular weight excluding hydrogens is 390 g/mol. The number of rotatable bonds is 8. The number of aromatic amines is 1. The van der Waals surface area contributed by atoms with E-state index in [4.69, 9.17) is 0 Å². The monoisotopic (exact) mass is 411 g/mol. The number of fused-ring (bicyclic) bond motifs is 1. The lowest BCUT2D eigenvalue weighted by Gasteiger charge is -2.16. The number of carboxylic acid groups (broad SMARTS) is 1. The molecule has 1 atom stereocenters. The van der Waals surface area contributed by atoms with Gasteiger partial charge in [-0.2, -0.15) is 11.8 Å². The van der Waals surface area contributed by atoms with Gasteiger partial charge >= 0.3 is 5.97 Å². The molecule has 29 heavy (non-hydrogen) atoms. The first-order valence-electron chi connectivity index (χ1n) is 9.00. The highest BCUT2D eigenvalue weighted by Crippen LogP contribution is 2.19. The van der Waals surface area contributed by atoms with Crippen molar-refractivity contribution in [3.8, 4) is 0 Å². The van der Waals surface area contributed by atoms with Crippen LogP contribution in [-0.4, -0.2) is 45.9 Å². The highest BCUT2D eigenvalue weighted by molar-refractivity contribution is 7.98. The minimum absolute atomic E-state index is 0.201. The Morgan fingerprint density at radius 2 is 1.79 bits per heavy atom. The lowest BCUT2D eigenvalue weighted by Crippen LogP contribution is -2.41. The number of benzene rings is 2. The smallest absolute Gasteiger partial charge is 0.326 e. The van der Waals surface area contributed by atoms with Crippen molar-refractivity contribution in [2.75, 3.05) is 17.3 Å². The first kappa shape index (κ1) is 20.5. The summed E-state index contributed by atoms with van der Waals surface area (Å²) in [6.07, 6.45) is 2.18. The van der Waals surface area contributed by atoms with Crippen LogP contribution in [0.25, 0.3) is 10.9 Å². The molecule has 0 aliphatic heterocycles. The summed E-state index contributed by atoms with van der Waals surface area (Å²) in [6.45, 7) is 0. The van der Waals surface area contributed by atoms with Crippen molar-refractivity contribution < 1.29 is 19.5 Å². The van der Waals surface area contributed by atoms with Gasteiger partial charge in [-0.05, 0) is 42.7 Å². The van der Waals surface area contributed by atoms with E-state index in [2.05, 4.69) is 15.6 Å². The molecule has 2 aromatic carbocycles. The Bertz CT molecular complexity index is 1010. The summed E-state index contributed by atoms with van der Waals surface area (Å²) in [5.41, 5.74) is 1.71. The molecule has 0 saturated heterocycles. The van der Waals surface area contributed by atoms with E-state index >= 15 is 0 Å². The zero-order chi connectivity index (χ0) is 20.8. The predicted molar refractivity (Wildman–Crippen MR) is 115 cm³/mol. The van der Waals surface area contributed by atoms with Crippen LogP contribution in [0.15, 0.2) is 54.6 Å². The summed E-state index contributed by atoms with van der Waals surface area (Å²) in [7, 11) is 0. The standard InChI is InChI=1S/C21H21N3O4S/c1-29-11-10-17(21(27)28)24-19(25)14-7-3-5-9-16(14)23-20(26)18-12-13-6-2-4-8-15(13)22-18/h2-9,12,17,22H,10-11H2,1H3,(H,23,26)(H,24,25)(H,27,28)/t17-/m0/s1. The molecule has 0 saturated carbocycles. The van der Waals surface area contributed by atoms with Crippen molar-refractivity contribution in [1.82, 2.24) is 10.3 Å². The van der Waals surface area contributed by atoms with E-state index in [-0.39, 0.29) is 5.56 Å². The quantitative estimate of drug-likeness (QED) is 0.454. The Hall–Kier alpha value is -3.26. The van der Waals surface area contributed by atoms with Crippen LogP contribution in [0.3, 0.4) is 0 Å². The van der Waals surface area contributed by atoms with E-state index in [0.717, 1.165) is 10.9 Å². The zero-order valence-electron chi connectivity index (χ0n) is 15.8. The van der Waals surface area contributed by atoms with E-state index in [0.29, 0.717) is 23.6 Å². The highest BCUT2D eigenvalue weighted by atomic mass is 32.2. The van der Waals surface area contributed by atoms with Crippen molar-refractivity contribution in [1.29, 1.82) is 0 Å². The third kappa shape index (κ3) is 4.97. The van der Waals surface area contributed by atoms with Crippen LogP contribution >= 0.6 is 11.8 Å². The summed E-state index contributed by atoms with van der Waals surface area (Å²) in [4.78, 5) is 39.8. The molecule has 0 aliphatic rings. The normalized spacial score (nSPS) is 11.8. The molecule has 1 heterocycles. The van der Waals surface area contributed by atoms with Crippen LogP contribution in [0, 0.1) is 0 Å². The Morgan fingerprint density at radius 3 is 2.52 bits per heavy atom. The first-order valence-corrected chi connectivity index (χ1v) is 10.4. The van der Waals surface area contributed by atoms with Gasteiger partial charge in [-0.1, -0.05) is 30.3 Å². The second-order valence-corrected chi connectivity index (χ2v) is 7.40. The molecule has 1 aromatic heterocycles. The maximum absolute atomic E-state index is 12.7. The fourth-order valence-electron chi connectivity index (χ4n) is 2.90. The van der Waals surface area contributed by atoms with E-state index in [1.807, 2.05) is 30.5 Å². The highest BCUT2D eigenvalue weighted by Gasteiger charge is 2.22. The van der Waals surface area contributed by atoms with Crippen LogP contribution < -0.4 is 10.6 Å². The molecule has 7 nitrogen and oxygen atoms in total. The molecule has 0 fully saturated rings. The maximum Gasteiger partial charge on any atom is 0.326 e. The number of thioether (sulfide) groups is 1. The van der Waals surface area contributed by atoms with E-state index < -0.39 is 23.8 Å². The molecule has 2 amide bonds. The lowest BCUT2D eigenvalue weighted by atomic mass is 10.1. The summed E-state index contributed by atoms with van der Waals surface area (Å²) in [6, 6.07) is 14.8. The van der Waals surface area contributed by atoms with E-state index in [1.54, 1.807) is 30.3 Å². The third-order valence-electron chi connectivity index (χ3n) is 4.41. The number of carboxylic acids is 1. The Morgan fingerprint density at radius 1 is 1.07 bits per heavy atom. The predicted octanol–water partition coefficient (Wildman–Crippen LogP) is 3.36. The van der Waals surface area contributed by atoms with Gasteiger partial charge in [0.1, 0.15) is 11.7 Å². The largest absolute Gasteiger partial charge is 0.480 e. The van der Waals surface area contributed by atoms with Gasteiger partial charge in [0, 0.05) is 10.9 Å². The zero-order valence-corrected chi connectivity index (χ0v) is 16.6. The van der Waals surface area contributed by atoms with E-state index in [9.17, 15) is 19.5 Å². The van der Waals surface area contributed by atoms with Gasteiger partial charge in [0.2, 0.25) is 0 Å². The molecular formula is C21H21N3O4S. The number of carbonyl (C=O) groups excluding carboxylic acids is 2. The third-order valence-corrected chi connectivity index (χ3v) is 5.05. The van der Waals surface area contributed by atoms with Crippen LogP contribution in [-0.2, 0) is 4.79 Å². The van der Waals surface area contributed by atoms with Crippen LogP contribution in [0.2, 0.25) is 0 Å². The van der Waals surface area contributed by atoms with Crippen molar-refractivity contribution >= 4 is 46.1 Å². The lowest BCUT2D eigenvalue weighted by molar-refractivity contribution is -0.139. The van der Waals surface area contributed by atoms with Crippen molar-refractivity contribution in [2.45, 2.75) is 12.5 Å². The van der Waals surface area contributed by atoms with Crippen molar-refractivity contribution in [3.05, 3.63) is 65.9 Å². The number of amides is 2. The summed E-state index contributed by atoms with van der Waals surface area (Å²) < 4.78 is 0. The van der Waals surface area contributed by atoms with Crippen molar-refractivity contribution in [3.63, 3.8) is 0 Å². The topological polar surface area (TPSA) is 111 Å². The minimum Gasteiger partial charge on any atom is -0.480 e. The molecule has 150 valence electrons. The molecule has 8 heteroatoms. The first-order chi connectivity index (χ1) is 14.0. The molecule has 0 bridgehead atoms. The van der Waals surface area contributed by atoms with Crippen LogP contribution in [0.4, 0.5) is 5.69 Å². The Labute approximate surface area is 171 Å². The van der Waals surface area contributed by atoms with Gasteiger partial charge in [-0.15, -0.1) is 0 Å². The molecule has 0 aliphatic carbocycles. The second-order valence-electron chi connectivity index (χ2n) is 6.42. The SMILES string of the molecule is CSCC[C@H](NC(=O)c1ccccc1NC(=O)c1cc2ccccc2[nH]1)C(=O)O. The van der Waals surface area contributed by atoms with Gasteiger partial charge in [0.25, 0.3) is 11.8 Å². The Kier molecular flexibility index (Phi) is 6.56. The number of para-hydroxylation sites is 2. The molecule has 0 radical (unpaired) electrons. The van der Waals surface area contributed by atoms with E-state index in [1.165, 1.54) is 11.8 Å². The fraction of sp³-hybridized carbons (Fsp3) is 0.190. The van der Waals surface area contributed by atoms with Gasteiger partial charge in [0.15, 0.2) is 0 Å². The van der Waals surface area contributed by atoms with Crippen molar-refractivity contribution in [2.24, 2.45) is 0 Å². The minimum atomic E-state index is -1.09. The van der Waals surface area contributed by atoms with Gasteiger partial charge in [-0.25, -0.2) is 4.79 Å². The molecule has 0 spiro atoms. The number of H-pyrrole nitrogens is 1. The molecule has 0 unspecified atom stereocenters. The number of hydrogen-bond acceptors (Lipinski definition) is 4. The van der Waals surface area contributed by atoms with Crippen LogP contribution in [0.5, 0.6) is 0 Å². The number of hydrogen-bond donors (Lipinski definition) is 4. The van der Waals surface area contributed by atoms with Gasteiger partial charge < -0.3 is 20.7 Å². The number of aromatic nitrogens is 1. The average Bonchev–Trinajstić information content (AvgIpc) is 3.15. The summed E-state index contributed by atoms with van der Waals surface area (Å²) >= 11 is 1.51. The number of carbonyl (C=O) groups is 3. The second kappa shape index (κ2) is 9.29. The van der Waals surface area contributed by atoms with Gasteiger partial charge in [0.05, 0.1) is 11.3 Å².